The monoisotopic (exact) mass is 240 g/mol. The van der Waals surface area contributed by atoms with E-state index in [0.717, 1.165) is 0 Å². The van der Waals surface area contributed by atoms with Gasteiger partial charge in [-0.3, -0.25) is 10.1 Å². The van der Waals surface area contributed by atoms with Crippen molar-refractivity contribution < 1.29 is 4.79 Å². The van der Waals surface area contributed by atoms with Crippen LogP contribution < -0.4 is 11.1 Å². The first kappa shape index (κ1) is 13.2. The fourth-order valence-electron chi connectivity index (χ4n) is 1.94. The molecule has 0 aromatic carbocycles. The first-order chi connectivity index (χ1) is 7.53. The smallest absolute Gasteiger partial charge is 0.237 e. The van der Waals surface area contributed by atoms with Crippen molar-refractivity contribution in [3.05, 3.63) is 22.4 Å². The Hall–Kier alpha value is -0.870. The van der Waals surface area contributed by atoms with E-state index in [1.807, 2.05) is 32.2 Å². The Kier molecular flexibility index (Phi) is 4.50. The normalized spacial score (nSPS) is 15.0. The van der Waals surface area contributed by atoms with E-state index in [0.29, 0.717) is 13.0 Å². The molecule has 0 saturated heterocycles. The van der Waals surface area contributed by atoms with Gasteiger partial charge >= 0.3 is 0 Å². The molecule has 0 aliphatic carbocycles. The van der Waals surface area contributed by atoms with Gasteiger partial charge in [-0.25, -0.2) is 0 Å². The van der Waals surface area contributed by atoms with Crippen LogP contribution in [0.5, 0.6) is 0 Å². The summed E-state index contributed by atoms with van der Waals surface area (Å²) in [4.78, 5) is 12.8. The minimum atomic E-state index is -0.593. The van der Waals surface area contributed by atoms with Crippen LogP contribution in [0.2, 0.25) is 0 Å². The number of primary amides is 1. The molecule has 16 heavy (non-hydrogen) atoms. The summed E-state index contributed by atoms with van der Waals surface area (Å²) < 4.78 is 0. The average Bonchev–Trinajstić information content (AvgIpc) is 2.71. The maximum absolute atomic E-state index is 11.6. The number of nitrogens with one attached hydrogen (secondary N) is 1. The molecule has 0 aliphatic rings. The third-order valence-corrected chi connectivity index (χ3v) is 4.02. The Morgan fingerprint density at radius 3 is 2.69 bits per heavy atom. The molecule has 0 saturated carbocycles. The number of rotatable bonds is 6. The number of amides is 1. The quantitative estimate of drug-likeness (QED) is 0.800. The lowest BCUT2D eigenvalue weighted by Crippen LogP contribution is -2.58. The zero-order valence-corrected chi connectivity index (χ0v) is 10.9. The maximum atomic E-state index is 11.6. The van der Waals surface area contributed by atoms with Gasteiger partial charge in [0.05, 0.1) is 5.54 Å². The summed E-state index contributed by atoms with van der Waals surface area (Å²) in [5, 5.41) is 5.35. The van der Waals surface area contributed by atoms with Gasteiger partial charge in [-0.1, -0.05) is 26.8 Å². The van der Waals surface area contributed by atoms with Crippen LogP contribution in [0, 0.1) is 5.92 Å². The van der Waals surface area contributed by atoms with E-state index >= 15 is 0 Å². The fourth-order valence-corrected chi connectivity index (χ4v) is 2.59. The molecule has 0 radical (unpaired) electrons. The number of nitrogens with two attached hydrogens (primary N) is 1. The Balaban J connectivity index is 2.74. The molecule has 1 unspecified atom stereocenters. The molecular formula is C12H20N2OS. The number of hydrogen-bond acceptors (Lipinski definition) is 3. The second-order valence-corrected chi connectivity index (χ2v) is 5.31. The van der Waals surface area contributed by atoms with Crippen molar-refractivity contribution in [3.63, 3.8) is 0 Å². The number of hydrogen-bond donors (Lipinski definition) is 2. The first-order valence-corrected chi connectivity index (χ1v) is 6.48. The SMILES string of the molecule is CCC(NCc1cccs1)(C(N)=O)C(C)C. The van der Waals surface area contributed by atoms with E-state index in [1.165, 1.54) is 4.88 Å². The Morgan fingerprint density at radius 1 is 1.62 bits per heavy atom. The van der Waals surface area contributed by atoms with E-state index in [9.17, 15) is 4.79 Å². The van der Waals surface area contributed by atoms with Crippen LogP contribution in [-0.4, -0.2) is 11.4 Å². The van der Waals surface area contributed by atoms with Crippen molar-refractivity contribution in [2.75, 3.05) is 0 Å². The van der Waals surface area contributed by atoms with Crippen LogP contribution in [-0.2, 0) is 11.3 Å². The predicted octanol–water partition coefficient (Wildman–Crippen LogP) is 2.13. The Bertz CT molecular complexity index is 335. The second-order valence-electron chi connectivity index (χ2n) is 4.28. The molecular weight excluding hydrogens is 220 g/mol. The molecule has 1 aromatic heterocycles. The van der Waals surface area contributed by atoms with Gasteiger partial charge in [0.15, 0.2) is 0 Å². The van der Waals surface area contributed by atoms with Crippen molar-refractivity contribution in [2.24, 2.45) is 11.7 Å². The summed E-state index contributed by atoms with van der Waals surface area (Å²) in [6.07, 6.45) is 0.714. The van der Waals surface area contributed by atoms with E-state index in [1.54, 1.807) is 11.3 Å². The summed E-state index contributed by atoms with van der Waals surface area (Å²) in [5.74, 6) is -0.0727. The molecule has 90 valence electrons. The number of thiophene rings is 1. The molecule has 0 aliphatic heterocycles. The molecule has 4 heteroatoms. The Labute approximate surface area is 101 Å². The highest BCUT2D eigenvalue weighted by molar-refractivity contribution is 7.09. The summed E-state index contributed by atoms with van der Waals surface area (Å²) in [5.41, 5.74) is 4.93. The van der Waals surface area contributed by atoms with Gasteiger partial charge in [-0.2, -0.15) is 0 Å². The molecule has 1 aromatic rings. The van der Waals surface area contributed by atoms with Gasteiger partial charge in [0.25, 0.3) is 0 Å². The highest BCUT2D eigenvalue weighted by Crippen LogP contribution is 2.22. The lowest BCUT2D eigenvalue weighted by molar-refractivity contribution is -0.126. The summed E-state index contributed by atoms with van der Waals surface area (Å²) in [6.45, 7) is 6.74. The lowest BCUT2D eigenvalue weighted by Gasteiger charge is -2.34. The minimum absolute atomic E-state index is 0.190. The molecule has 0 spiro atoms. The molecule has 1 heterocycles. The summed E-state index contributed by atoms with van der Waals surface area (Å²) in [6, 6.07) is 4.06. The third-order valence-electron chi connectivity index (χ3n) is 3.14. The molecule has 0 fully saturated rings. The van der Waals surface area contributed by atoms with Crippen LogP contribution in [0.25, 0.3) is 0 Å². The molecule has 0 bridgehead atoms. The Morgan fingerprint density at radius 2 is 2.31 bits per heavy atom. The van der Waals surface area contributed by atoms with Gasteiger partial charge in [0, 0.05) is 11.4 Å². The van der Waals surface area contributed by atoms with Crippen molar-refractivity contribution in [3.8, 4) is 0 Å². The van der Waals surface area contributed by atoms with Gasteiger partial charge in [-0.05, 0) is 23.8 Å². The number of carbonyl (C=O) groups excluding carboxylic acids is 1. The van der Waals surface area contributed by atoms with Crippen molar-refractivity contribution in [2.45, 2.75) is 39.3 Å². The highest BCUT2D eigenvalue weighted by Gasteiger charge is 2.37. The zero-order chi connectivity index (χ0) is 12.2. The van der Waals surface area contributed by atoms with E-state index < -0.39 is 5.54 Å². The lowest BCUT2D eigenvalue weighted by atomic mass is 9.83. The topological polar surface area (TPSA) is 55.1 Å². The van der Waals surface area contributed by atoms with Crippen molar-refractivity contribution >= 4 is 17.2 Å². The molecule has 3 N–H and O–H groups in total. The van der Waals surface area contributed by atoms with Crippen LogP contribution >= 0.6 is 11.3 Å². The third kappa shape index (κ3) is 2.62. The maximum Gasteiger partial charge on any atom is 0.237 e. The van der Waals surface area contributed by atoms with E-state index in [4.69, 9.17) is 5.73 Å². The van der Waals surface area contributed by atoms with Gasteiger partial charge < -0.3 is 5.73 Å². The zero-order valence-electron chi connectivity index (χ0n) is 10.1. The molecule has 3 nitrogen and oxygen atoms in total. The van der Waals surface area contributed by atoms with Crippen LogP contribution in [0.1, 0.15) is 32.1 Å². The largest absolute Gasteiger partial charge is 0.368 e. The summed E-state index contributed by atoms with van der Waals surface area (Å²) in [7, 11) is 0. The fraction of sp³-hybridized carbons (Fsp3) is 0.583. The van der Waals surface area contributed by atoms with Crippen molar-refractivity contribution in [1.82, 2.24) is 5.32 Å². The highest BCUT2D eigenvalue weighted by atomic mass is 32.1. The first-order valence-electron chi connectivity index (χ1n) is 5.60. The van der Waals surface area contributed by atoms with Crippen molar-refractivity contribution in [1.29, 1.82) is 0 Å². The van der Waals surface area contributed by atoms with Gasteiger partial charge in [0.1, 0.15) is 0 Å². The van der Waals surface area contributed by atoms with Crippen LogP contribution in [0.15, 0.2) is 17.5 Å². The van der Waals surface area contributed by atoms with E-state index in [2.05, 4.69) is 11.4 Å². The van der Waals surface area contributed by atoms with Gasteiger partial charge in [0.2, 0.25) is 5.91 Å². The molecule has 1 rings (SSSR count). The van der Waals surface area contributed by atoms with Crippen LogP contribution in [0.3, 0.4) is 0 Å². The standard InChI is InChI=1S/C12H20N2OS/c1-4-12(9(2)3,11(13)15)14-8-10-6-5-7-16-10/h5-7,9,14H,4,8H2,1-3H3,(H2,13,15). The van der Waals surface area contributed by atoms with Gasteiger partial charge in [-0.15, -0.1) is 11.3 Å². The average molecular weight is 240 g/mol. The molecule has 1 amide bonds. The number of carbonyl (C=O) groups is 1. The summed E-state index contributed by atoms with van der Waals surface area (Å²) >= 11 is 1.68. The van der Waals surface area contributed by atoms with Crippen LogP contribution in [0.4, 0.5) is 0 Å². The second kappa shape index (κ2) is 5.46. The predicted molar refractivity (Wildman–Crippen MR) is 68.2 cm³/mol. The molecule has 1 atom stereocenters. The minimum Gasteiger partial charge on any atom is -0.368 e. The van der Waals surface area contributed by atoms with E-state index in [-0.39, 0.29) is 11.8 Å².